The molecule has 7 heterocycles. The van der Waals surface area contributed by atoms with Gasteiger partial charge in [0.1, 0.15) is 28.9 Å². The molecule has 0 saturated carbocycles. The summed E-state index contributed by atoms with van der Waals surface area (Å²) >= 11 is 0. The molecule has 0 radical (unpaired) electrons. The molecule has 0 aliphatic carbocycles. The molecular formula is C46H51F2N11O4. The minimum absolute atomic E-state index is 0.0232. The molecule has 15 nitrogen and oxygen atoms in total. The van der Waals surface area contributed by atoms with Gasteiger partial charge in [-0.2, -0.15) is 0 Å². The van der Waals surface area contributed by atoms with E-state index in [9.17, 15) is 19.2 Å². The molecule has 5 aromatic rings. The number of likely N-dealkylation sites (tertiary alicyclic amines) is 1. The second-order valence-electron chi connectivity index (χ2n) is 17.7. The fourth-order valence-corrected chi connectivity index (χ4v) is 10.1. The number of aryl methyl sites for hydroxylation is 1. The van der Waals surface area contributed by atoms with Crippen molar-refractivity contribution in [2.45, 2.75) is 91.0 Å². The maximum absolute atomic E-state index is 15.2. The summed E-state index contributed by atoms with van der Waals surface area (Å²) in [5.41, 5.74) is 3.60. The van der Waals surface area contributed by atoms with Crippen molar-refractivity contribution in [3.8, 4) is 11.3 Å². The molecule has 17 heteroatoms. The molecule has 328 valence electrons. The number of pyridine rings is 1. The van der Waals surface area contributed by atoms with E-state index in [2.05, 4.69) is 59.1 Å². The van der Waals surface area contributed by atoms with Gasteiger partial charge in [-0.3, -0.25) is 39.2 Å². The highest BCUT2D eigenvalue weighted by molar-refractivity contribution is 6.23. The Hall–Kier alpha value is -6.20. The third-order valence-corrected chi connectivity index (χ3v) is 12.9. The van der Waals surface area contributed by atoms with E-state index in [1.165, 1.54) is 6.07 Å². The monoisotopic (exact) mass is 859 g/mol. The quantitative estimate of drug-likeness (QED) is 0.158. The number of piperidine rings is 2. The number of imide groups is 2. The lowest BCUT2D eigenvalue weighted by Crippen LogP contribution is -2.58. The molecule has 63 heavy (non-hydrogen) atoms. The predicted octanol–water partition coefficient (Wildman–Crippen LogP) is 6.01. The molecule has 3 unspecified atom stereocenters. The number of anilines is 3. The van der Waals surface area contributed by atoms with Crippen LogP contribution in [0.3, 0.4) is 0 Å². The first-order valence-corrected chi connectivity index (χ1v) is 21.7. The van der Waals surface area contributed by atoms with Crippen molar-refractivity contribution >= 4 is 52.1 Å². The van der Waals surface area contributed by atoms with Crippen LogP contribution in [0, 0.1) is 24.5 Å². The van der Waals surface area contributed by atoms with Crippen LogP contribution in [-0.4, -0.2) is 114 Å². The summed E-state index contributed by atoms with van der Waals surface area (Å²) in [4.78, 5) is 76.8. The average molecular weight is 860 g/mol. The molecule has 2 aromatic carbocycles. The van der Waals surface area contributed by atoms with Crippen LogP contribution in [0.4, 0.5) is 26.2 Å². The van der Waals surface area contributed by atoms with Gasteiger partial charge in [-0.25, -0.2) is 28.7 Å². The van der Waals surface area contributed by atoms with Crippen LogP contribution in [0.1, 0.15) is 91.5 Å². The first-order chi connectivity index (χ1) is 30.2. The summed E-state index contributed by atoms with van der Waals surface area (Å²) in [5.74, 6) is -1.33. The van der Waals surface area contributed by atoms with E-state index in [1.54, 1.807) is 18.2 Å². The van der Waals surface area contributed by atoms with E-state index in [1.807, 2.05) is 49.7 Å². The number of nitrogens with one attached hydrogen (secondary N) is 2. The number of amides is 4. The molecule has 3 fully saturated rings. The summed E-state index contributed by atoms with van der Waals surface area (Å²) in [6, 6.07) is 11.6. The number of carbonyl (C=O) groups excluding carboxylic acids is 4. The number of benzene rings is 2. The van der Waals surface area contributed by atoms with Crippen molar-refractivity contribution in [1.29, 1.82) is 0 Å². The van der Waals surface area contributed by atoms with Crippen LogP contribution >= 0.6 is 0 Å². The Morgan fingerprint density at radius 2 is 1.59 bits per heavy atom. The molecule has 3 saturated heterocycles. The molecule has 3 aromatic heterocycles. The number of piperazine rings is 1. The fraction of sp³-hybridized carbons (Fsp3) is 0.435. The van der Waals surface area contributed by atoms with E-state index in [-0.39, 0.29) is 53.7 Å². The van der Waals surface area contributed by atoms with Crippen LogP contribution in [0.5, 0.6) is 0 Å². The first kappa shape index (κ1) is 42.1. The molecule has 4 amide bonds. The topological polar surface area (TPSA) is 162 Å². The number of halogens is 2. The predicted molar refractivity (Wildman–Crippen MR) is 232 cm³/mol. The van der Waals surface area contributed by atoms with Crippen LogP contribution in [-0.2, 0) is 16.1 Å². The highest BCUT2D eigenvalue weighted by atomic mass is 19.1. The zero-order valence-corrected chi connectivity index (χ0v) is 36.1. The van der Waals surface area contributed by atoms with Crippen molar-refractivity contribution in [3.63, 3.8) is 0 Å². The van der Waals surface area contributed by atoms with Crippen LogP contribution in [0.2, 0.25) is 0 Å². The summed E-state index contributed by atoms with van der Waals surface area (Å²) in [6.45, 7) is 15.6. The number of nitrogens with zero attached hydrogens (tertiary/aromatic N) is 9. The minimum Gasteiger partial charge on any atom is -0.364 e. The zero-order chi connectivity index (χ0) is 44.3. The molecular weight excluding hydrogens is 809 g/mol. The van der Waals surface area contributed by atoms with E-state index < -0.39 is 41.3 Å². The van der Waals surface area contributed by atoms with Crippen molar-refractivity contribution in [2.75, 3.05) is 42.9 Å². The van der Waals surface area contributed by atoms with Crippen LogP contribution in [0.15, 0.2) is 54.9 Å². The van der Waals surface area contributed by atoms with Crippen LogP contribution in [0.25, 0.3) is 22.3 Å². The van der Waals surface area contributed by atoms with Gasteiger partial charge in [0, 0.05) is 68.2 Å². The highest BCUT2D eigenvalue weighted by Crippen LogP contribution is 2.35. The Balaban J connectivity index is 0.766. The second kappa shape index (κ2) is 16.8. The van der Waals surface area contributed by atoms with Gasteiger partial charge in [0.2, 0.25) is 17.8 Å². The number of fused-ring (bicyclic) bond motifs is 2. The Bertz CT molecular complexity index is 2620. The number of aromatic nitrogens is 5. The standard InChI is InChI=1S/C46H51F2N11O4/c1-25(2)57-28(5)51-42-35(47)16-31(17-38(42)57)41-36(48)20-50-46(54-41)52-39-10-6-30(19-49-39)24-55-14-12-29(13-15-55)23-56-21-26(3)58(27(4)22-56)32-7-8-33-34(18-32)45(63)59(44(33)62)37-9-11-40(60)53-43(37)61/h6-8,10,16-20,25-27,29,37H,9,11-15,21-24H2,1-5H3,(H,53,60,61)(H,49,50,52,54). The molecule has 0 spiro atoms. The normalized spacial score (nSPS) is 21.5. The van der Waals surface area contributed by atoms with E-state index in [0.29, 0.717) is 34.2 Å². The highest BCUT2D eigenvalue weighted by Gasteiger charge is 2.45. The van der Waals surface area contributed by atoms with Gasteiger partial charge in [0.15, 0.2) is 11.6 Å². The molecule has 3 atom stereocenters. The van der Waals surface area contributed by atoms with Crippen molar-refractivity contribution in [1.82, 2.24) is 44.5 Å². The number of carbonyl (C=O) groups is 4. The third-order valence-electron chi connectivity index (χ3n) is 12.9. The lowest BCUT2D eigenvalue weighted by atomic mass is 9.94. The Morgan fingerprint density at radius 1 is 0.841 bits per heavy atom. The van der Waals surface area contributed by atoms with Gasteiger partial charge >= 0.3 is 0 Å². The van der Waals surface area contributed by atoms with Gasteiger partial charge in [0.25, 0.3) is 11.8 Å². The van der Waals surface area contributed by atoms with Crippen LogP contribution < -0.4 is 15.5 Å². The van der Waals surface area contributed by atoms with Gasteiger partial charge in [-0.1, -0.05) is 6.07 Å². The van der Waals surface area contributed by atoms with Gasteiger partial charge in [-0.05, 0) is 115 Å². The molecule has 0 bridgehead atoms. The Kier molecular flexibility index (Phi) is 11.2. The lowest BCUT2D eigenvalue weighted by molar-refractivity contribution is -0.136. The van der Waals surface area contributed by atoms with E-state index >= 15 is 8.78 Å². The van der Waals surface area contributed by atoms with Crippen molar-refractivity contribution in [3.05, 3.63) is 89.0 Å². The average Bonchev–Trinajstić information content (AvgIpc) is 3.71. The lowest BCUT2D eigenvalue weighted by Gasteiger charge is -2.47. The smallest absolute Gasteiger partial charge is 0.262 e. The zero-order valence-electron chi connectivity index (χ0n) is 36.1. The van der Waals surface area contributed by atoms with Gasteiger partial charge < -0.3 is 14.8 Å². The third kappa shape index (κ3) is 8.15. The van der Waals surface area contributed by atoms with Gasteiger partial charge in [-0.15, -0.1) is 0 Å². The number of hydrogen-bond donors (Lipinski definition) is 2. The Labute approximate surface area is 363 Å². The largest absolute Gasteiger partial charge is 0.364 e. The summed E-state index contributed by atoms with van der Waals surface area (Å²) < 4.78 is 32.2. The maximum Gasteiger partial charge on any atom is 0.262 e. The molecule has 4 aliphatic rings. The minimum atomic E-state index is -0.990. The Morgan fingerprint density at radius 3 is 2.29 bits per heavy atom. The first-order valence-electron chi connectivity index (χ1n) is 21.7. The van der Waals surface area contributed by atoms with E-state index in [4.69, 9.17) is 0 Å². The molecule has 2 N–H and O–H groups in total. The maximum atomic E-state index is 15.2. The summed E-state index contributed by atoms with van der Waals surface area (Å²) in [5, 5.41) is 5.32. The van der Waals surface area contributed by atoms with Gasteiger partial charge in [0.05, 0.1) is 22.8 Å². The summed E-state index contributed by atoms with van der Waals surface area (Å²) in [7, 11) is 0. The number of rotatable bonds is 10. The second-order valence-corrected chi connectivity index (χ2v) is 17.7. The molecule has 9 rings (SSSR count). The van der Waals surface area contributed by atoms with E-state index in [0.717, 1.165) is 74.5 Å². The number of imidazole rings is 1. The van der Waals surface area contributed by atoms with Crippen molar-refractivity contribution < 1.29 is 28.0 Å². The molecule has 4 aliphatic heterocycles. The van der Waals surface area contributed by atoms with Crippen molar-refractivity contribution in [2.24, 2.45) is 5.92 Å². The SMILES string of the molecule is Cc1nc2c(F)cc(-c3nc(Nc4ccc(CN5CCC(CN6CC(C)N(c7ccc8c(c7)C(=O)N(C7CCC(=O)NC7=O)C8=O)C(C)C6)CC5)cn4)ncc3F)cc2n1C(C)C. The number of hydrogen-bond acceptors (Lipinski definition) is 12. The summed E-state index contributed by atoms with van der Waals surface area (Å²) in [6.07, 6.45) is 5.27. The fourth-order valence-electron chi connectivity index (χ4n) is 10.1.